The molecule has 1 unspecified atom stereocenters. The van der Waals surface area contributed by atoms with Crippen LogP contribution in [0, 0.1) is 5.92 Å². The normalized spacial score (nSPS) is 21.0. The van der Waals surface area contributed by atoms with Crippen LogP contribution in [0.3, 0.4) is 0 Å². The highest BCUT2D eigenvalue weighted by Crippen LogP contribution is 2.19. The summed E-state index contributed by atoms with van der Waals surface area (Å²) in [4.78, 5) is 26.6. The largest absolute Gasteiger partial charge is 0.339 e. The Labute approximate surface area is 166 Å². The van der Waals surface area contributed by atoms with Crippen molar-refractivity contribution in [2.24, 2.45) is 5.92 Å². The second-order valence-corrected chi connectivity index (χ2v) is 8.18. The van der Waals surface area contributed by atoms with Crippen LogP contribution in [-0.4, -0.2) is 53.9 Å². The molecule has 0 bridgehead atoms. The molecule has 2 fully saturated rings. The van der Waals surface area contributed by atoms with Gasteiger partial charge in [0.2, 0.25) is 5.91 Å². The molecule has 1 atom stereocenters. The number of amides is 2. The molecule has 0 aromatic heterocycles. The average Bonchev–Trinajstić information content (AvgIpc) is 2.63. The molecule has 2 saturated heterocycles. The Morgan fingerprint density at radius 3 is 2.54 bits per heavy atom. The van der Waals surface area contributed by atoms with Crippen molar-refractivity contribution in [3.63, 3.8) is 0 Å². The first-order chi connectivity index (χ1) is 12.1. The minimum absolute atomic E-state index is 0. The molecule has 26 heavy (non-hydrogen) atoms. The Kier molecular flexibility index (Phi) is 8.25. The highest BCUT2D eigenvalue weighted by atomic mass is 35.5. The lowest BCUT2D eigenvalue weighted by Gasteiger charge is -2.30. The molecule has 7 heteroatoms. The molecular weight excluding hydrogens is 370 g/mol. The van der Waals surface area contributed by atoms with Gasteiger partial charge in [-0.2, -0.15) is 11.8 Å². The lowest BCUT2D eigenvalue weighted by molar-refractivity contribution is -0.116. The standard InChI is InChI=1S/C19H27N3O2S.ClH/c1-14-6-9-22(10-7-14)19(24)15-2-4-16(5-3-15)21-18(23)12-17-13-25-11-8-20-17;/h2-5,14,17,20H,6-13H2,1H3,(H,21,23);1H. The highest BCUT2D eigenvalue weighted by Gasteiger charge is 2.21. The first-order valence-corrected chi connectivity index (χ1v) is 10.3. The van der Waals surface area contributed by atoms with Gasteiger partial charge in [-0.1, -0.05) is 6.92 Å². The first kappa shape index (κ1) is 21.1. The number of piperidine rings is 1. The SMILES string of the molecule is CC1CCN(C(=O)c2ccc(NC(=O)CC3CSCCN3)cc2)CC1.Cl. The fourth-order valence-electron chi connectivity index (χ4n) is 3.28. The molecule has 0 saturated carbocycles. The third-order valence-corrected chi connectivity index (χ3v) is 6.05. The van der Waals surface area contributed by atoms with E-state index >= 15 is 0 Å². The molecule has 1 aromatic rings. The number of hydrogen-bond donors (Lipinski definition) is 2. The van der Waals surface area contributed by atoms with Crippen LogP contribution in [0.2, 0.25) is 0 Å². The summed E-state index contributed by atoms with van der Waals surface area (Å²) in [5.41, 5.74) is 1.44. The van der Waals surface area contributed by atoms with Gasteiger partial charge in [0.05, 0.1) is 0 Å². The minimum atomic E-state index is 0. The molecule has 0 aliphatic carbocycles. The maximum absolute atomic E-state index is 12.5. The van der Waals surface area contributed by atoms with E-state index in [0.717, 1.165) is 49.7 Å². The van der Waals surface area contributed by atoms with Crippen LogP contribution in [0.15, 0.2) is 24.3 Å². The van der Waals surface area contributed by atoms with Crippen molar-refractivity contribution >= 4 is 41.7 Å². The van der Waals surface area contributed by atoms with Crippen molar-refractivity contribution < 1.29 is 9.59 Å². The van der Waals surface area contributed by atoms with E-state index in [2.05, 4.69) is 17.6 Å². The van der Waals surface area contributed by atoms with Crippen LogP contribution < -0.4 is 10.6 Å². The van der Waals surface area contributed by atoms with E-state index in [9.17, 15) is 9.59 Å². The number of nitrogens with one attached hydrogen (secondary N) is 2. The van der Waals surface area contributed by atoms with Gasteiger partial charge in [-0.05, 0) is 43.0 Å². The lowest BCUT2D eigenvalue weighted by atomic mass is 9.98. The molecule has 0 radical (unpaired) electrons. The predicted octanol–water partition coefficient (Wildman–Crippen LogP) is 3.01. The van der Waals surface area contributed by atoms with Crippen LogP contribution in [0.1, 0.15) is 36.5 Å². The fraction of sp³-hybridized carbons (Fsp3) is 0.579. The lowest BCUT2D eigenvalue weighted by Crippen LogP contribution is -2.39. The van der Waals surface area contributed by atoms with Crippen LogP contribution in [0.4, 0.5) is 5.69 Å². The Hall–Kier alpha value is -1.24. The number of likely N-dealkylation sites (tertiary alicyclic amines) is 1. The van der Waals surface area contributed by atoms with Crippen molar-refractivity contribution in [2.75, 3.05) is 36.5 Å². The first-order valence-electron chi connectivity index (χ1n) is 9.12. The van der Waals surface area contributed by atoms with Gasteiger partial charge < -0.3 is 15.5 Å². The van der Waals surface area contributed by atoms with Gasteiger partial charge in [-0.3, -0.25) is 9.59 Å². The molecular formula is C19H28ClN3O2S. The number of hydrogen-bond acceptors (Lipinski definition) is 4. The number of carbonyl (C=O) groups is 2. The molecule has 5 nitrogen and oxygen atoms in total. The van der Waals surface area contributed by atoms with E-state index < -0.39 is 0 Å². The van der Waals surface area contributed by atoms with E-state index in [1.54, 1.807) is 0 Å². The molecule has 2 N–H and O–H groups in total. The Bertz CT molecular complexity index is 597. The fourth-order valence-corrected chi connectivity index (χ4v) is 4.23. The highest BCUT2D eigenvalue weighted by molar-refractivity contribution is 7.99. The monoisotopic (exact) mass is 397 g/mol. The number of benzene rings is 1. The Morgan fingerprint density at radius 1 is 1.23 bits per heavy atom. The van der Waals surface area contributed by atoms with Gasteiger partial charge >= 0.3 is 0 Å². The zero-order valence-corrected chi connectivity index (χ0v) is 16.8. The maximum atomic E-state index is 12.5. The van der Waals surface area contributed by atoms with E-state index in [0.29, 0.717) is 17.9 Å². The summed E-state index contributed by atoms with van der Waals surface area (Å²) < 4.78 is 0. The van der Waals surface area contributed by atoms with E-state index in [4.69, 9.17) is 0 Å². The zero-order valence-electron chi connectivity index (χ0n) is 15.2. The van der Waals surface area contributed by atoms with Crippen LogP contribution in [0.5, 0.6) is 0 Å². The number of halogens is 1. The smallest absolute Gasteiger partial charge is 0.253 e. The third-order valence-electron chi connectivity index (χ3n) is 4.92. The second kappa shape index (κ2) is 10.2. The number of thioether (sulfide) groups is 1. The average molecular weight is 398 g/mol. The second-order valence-electron chi connectivity index (χ2n) is 7.03. The van der Waals surface area contributed by atoms with Gasteiger partial charge in [0.15, 0.2) is 0 Å². The van der Waals surface area contributed by atoms with Gasteiger partial charge in [0, 0.05) is 54.9 Å². The summed E-state index contributed by atoms with van der Waals surface area (Å²) in [6.07, 6.45) is 2.64. The minimum Gasteiger partial charge on any atom is -0.339 e. The zero-order chi connectivity index (χ0) is 17.6. The molecule has 2 aliphatic rings. The summed E-state index contributed by atoms with van der Waals surface area (Å²) in [6, 6.07) is 7.51. The van der Waals surface area contributed by atoms with Gasteiger partial charge in [-0.15, -0.1) is 12.4 Å². The summed E-state index contributed by atoms with van der Waals surface area (Å²) in [5.74, 6) is 2.91. The van der Waals surface area contributed by atoms with Crippen LogP contribution in [0.25, 0.3) is 0 Å². The third kappa shape index (κ3) is 5.89. The number of nitrogens with zero attached hydrogens (tertiary/aromatic N) is 1. The van der Waals surface area contributed by atoms with Crippen LogP contribution in [-0.2, 0) is 4.79 Å². The van der Waals surface area contributed by atoms with Crippen LogP contribution >= 0.6 is 24.2 Å². The van der Waals surface area contributed by atoms with Gasteiger partial charge in [-0.25, -0.2) is 0 Å². The van der Waals surface area contributed by atoms with Crippen molar-refractivity contribution in [3.8, 4) is 0 Å². The summed E-state index contributed by atoms with van der Waals surface area (Å²) in [7, 11) is 0. The summed E-state index contributed by atoms with van der Waals surface area (Å²) in [6.45, 7) is 4.88. The number of carbonyl (C=O) groups excluding carboxylic acids is 2. The van der Waals surface area contributed by atoms with Gasteiger partial charge in [0.25, 0.3) is 5.91 Å². The molecule has 144 valence electrons. The maximum Gasteiger partial charge on any atom is 0.253 e. The molecule has 2 amide bonds. The van der Waals surface area contributed by atoms with E-state index in [-0.39, 0.29) is 30.3 Å². The summed E-state index contributed by atoms with van der Waals surface area (Å²) in [5, 5.41) is 6.29. The van der Waals surface area contributed by atoms with Gasteiger partial charge in [0.1, 0.15) is 0 Å². The Balaban J connectivity index is 0.00000243. The number of rotatable bonds is 4. The summed E-state index contributed by atoms with van der Waals surface area (Å²) >= 11 is 1.89. The molecule has 3 rings (SSSR count). The number of anilines is 1. The van der Waals surface area contributed by atoms with Crippen molar-refractivity contribution in [1.29, 1.82) is 0 Å². The Morgan fingerprint density at radius 2 is 1.92 bits per heavy atom. The predicted molar refractivity (Wildman–Crippen MR) is 110 cm³/mol. The van der Waals surface area contributed by atoms with E-state index in [1.165, 1.54) is 0 Å². The quantitative estimate of drug-likeness (QED) is 0.819. The molecule has 0 spiro atoms. The van der Waals surface area contributed by atoms with Crippen molar-refractivity contribution in [2.45, 2.75) is 32.2 Å². The van der Waals surface area contributed by atoms with Crippen molar-refractivity contribution in [3.05, 3.63) is 29.8 Å². The molecule has 1 aromatic carbocycles. The van der Waals surface area contributed by atoms with E-state index in [1.807, 2.05) is 40.9 Å². The molecule has 2 heterocycles. The van der Waals surface area contributed by atoms with Crippen molar-refractivity contribution in [1.82, 2.24) is 10.2 Å². The molecule has 2 aliphatic heterocycles. The topological polar surface area (TPSA) is 61.4 Å².